The lowest BCUT2D eigenvalue weighted by Gasteiger charge is -2.26. The van der Waals surface area contributed by atoms with Crippen molar-refractivity contribution in [3.8, 4) is 0 Å². The van der Waals surface area contributed by atoms with Crippen LogP contribution in [0.4, 0.5) is 5.69 Å². The maximum atomic E-state index is 5.80. The topological polar surface area (TPSA) is 47.7 Å². The Balaban J connectivity index is 2.88. The monoisotopic (exact) mass is 316 g/mol. The highest BCUT2D eigenvalue weighted by Crippen LogP contribution is 2.24. The Morgan fingerprint density at radius 1 is 1.17 bits per heavy atom. The van der Waals surface area contributed by atoms with Crippen LogP contribution in [-0.2, 0) is 16.0 Å². The molecule has 0 aromatic heterocycles. The van der Waals surface area contributed by atoms with Crippen molar-refractivity contribution in [1.82, 2.24) is 0 Å². The zero-order chi connectivity index (χ0) is 13.4. The van der Waals surface area contributed by atoms with Crippen LogP contribution in [0.2, 0.25) is 0 Å². The van der Waals surface area contributed by atoms with Crippen LogP contribution in [0, 0.1) is 0 Å². The zero-order valence-electron chi connectivity index (χ0n) is 11.0. The molecule has 1 aromatic rings. The van der Waals surface area contributed by atoms with Crippen molar-refractivity contribution < 1.29 is 9.47 Å². The Kier molecular flexibility index (Phi) is 7.27. The fraction of sp³-hybridized carbons (Fsp3) is 0.538. The molecule has 0 radical (unpaired) electrons. The number of methoxy groups -OCH3 is 2. The van der Waals surface area contributed by atoms with E-state index in [1.807, 2.05) is 6.07 Å². The number of halogens is 1. The van der Waals surface area contributed by atoms with E-state index in [-0.39, 0.29) is 0 Å². The second-order valence-corrected chi connectivity index (χ2v) is 4.87. The number of hydrogen-bond acceptors (Lipinski definition) is 4. The van der Waals surface area contributed by atoms with Gasteiger partial charge in [-0.25, -0.2) is 0 Å². The second kappa shape index (κ2) is 8.48. The van der Waals surface area contributed by atoms with E-state index in [1.165, 1.54) is 0 Å². The maximum Gasteiger partial charge on any atom is 0.0637 e. The van der Waals surface area contributed by atoms with E-state index in [9.17, 15) is 0 Å². The highest BCUT2D eigenvalue weighted by molar-refractivity contribution is 9.10. The van der Waals surface area contributed by atoms with Gasteiger partial charge in [0.15, 0.2) is 0 Å². The van der Waals surface area contributed by atoms with Crippen molar-refractivity contribution in [2.24, 2.45) is 5.73 Å². The number of anilines is 1. The fourth-order valence-electron chi connectivity index (χ4n) is 1.78. The Bertz CT molecular complexity index is 353. The minimum Gasteiger partial charge on any atom is -0.383 e. The second-order valence-electron chi connectivity index (χ2n) is 3.95. The maximum absolute atomic E-state index is 5.80. The van der Waals surface area contributed by atoms with Crippen LogP contribution in [-0.4, -0.2) is 40.5 Å². The Morgan fingerprint density at radius 3 is 2.28 bits per heavy atom. The summed E-state index contributed by atoms with van der Waals surface area (Å²) in [6.45, 7) is 3.54. The SMILES string of the molecule is COCCN(CCOC)c1ccc(Br)cc1CN. The average molecular weight is 317 g/mol. The van der Waals surface area contributed by atoms with Crippen molar-refractivity contribution in [3.63, 3.8) is 0 Å². The van der Waals surface area contributed by atoms with Gasteiger partial charge in [0, 0.05) is 44.0 Å². The molecule has 0 saturated heterocycles. The third-order valence-electron chi connectivity index (χ3n) is 2.73. The van der Waals surface area contributed by atoms with Gasteiger partial charge in [-0.05, 0) is 23.8 Å². The molecule has 2 N–H and O–H groups in total. The predicted molar refractivity (Wildman–Crippen MR) is 78.0 cm³/mol. The molecule has 0 amide bonds. The van der Waals surface area contributed by atoms with Crippen LogP contribution in [0.1, 0.15) is 5.56 Å². The molecule has 0 spiro atoms. The van der Waals surface area contributed by atoms with E-state index in [4.69, 9.17) is 15.2 Å². The molecule has 0 bridgehead atoms. The number of nitrogens with zero attached hydrogens (tertiary/aromatic N) is 1. The lowest BCUT2D eigenvalue weighted by atomic mass is 10.1. The van der Waals surface area contributed by atoms with Crippen LogP contribution in [0.25, 0.3) is 0 Å². The smallest absolute Gasteiger partial charge is 0.0637 e. The Labute approximate surface area is 117 Å². The minimum atomic E-state index is 0.519. The van der Waals surface area contributed by atoms with Crippen molar-refractivity contribution >= 4 is 21.6 Å². The third-order valence-corrected chi connectivity index (χ3v) is 3.23. The summed E-state index contributed by atoms with van der Waals surface area (Å²) < 4.78 is 11.3. The first-order valence-electron chi connectivity index (χ1n) is 5.94. The van der Waals surface area contributed by atoms with E-state index in [0.717, 1.165) is 28.8 Å². The van der Waals surface area contributed by atoms with E-state index in [0.29, 0.717) is 19.8 Å². The summed E-state index contributed by atoms with van der Waals surface area (Å²) in [5.41, 5.74) is 8.07. The first-order valence-corrected chi connectivity index (χ1v) is 6.73. The predicted octanol–water partition coefficient (Wildman–Crippen LogP) is 2.01. The van der Waals surface area contributed by atoms with Gasteiger partial charge in [-0.1, -0.05) is 15.9 Å². The third kappa shape index (κ3) is 4.57. The van der Waals surface area contributed by atoms with Gasteiger partial charge < -0.3 is 20.1 Å². The first-order chi connectivity index (χ1) is 8.72. The Hall–Kier alpha value is -0.620. The van der Waals surface area contributed by atoms with Gasteiger partial charge in [-0.3, -0.25) is 0 Å². The number of ether oxygens (including phenoxy) is 2. The lowest BCUT2D eigenvalue weighted by molar-refractivity contribution is 0.190. The molecule has 0 unspecified atom stereocenters. The molecule has 0 aliphatic carbocycles. The molecular weight excluding hydrogens is 296 g/mol. The normalized spacial score (nSPS) is 10.7. The molecule has 0 atom stereocenters. The molecule has 1 aromatic carbocycles. The van der Waals surface area contributed by atoms with Gasteiger partial charge in [-0.2, -0.15) is 0 Å². The summed E-state index contributed by atoms with van der Waals surface area (Å²) in [7, 11) is 3.42. The summed E-state index contributed by atoms with van der Waals surface area (Å²) in [5, 5.41) is 0. The minimum absolute atomic E-state index is 0.519. The number of hydrogen-bond donors (Lipinski definition) is 1. The van der Waals surface area contributed by atoms with Gasteiger partial charge in [0.25, 0.3) is 0 Å². The summed E-state index contributed by atoms with van der Waals surface area (Å²) in [5.74, 6) is 0. The number of rotatable bonds is 8. The van der Waals surface area contributed by atoms with Gasteiger partial charge in [0.05, 0.1) is 13.2 Å². The van der Waals surface area contributed by atoms with Gasteiger partial charge in [0.2, 0.25) is 0 Å². The van der Waals surface area contributed by atoms with Crippen LogP contribution < -0.4 is 10.6 Å². The molecule has 1 rings (SSSR count). The van der Waals surface area contributed by atoms with E-state index in [1.54, 1.807) is 14.2 Å². The Morgan fingerprint density at radius 2 is 1.78 bits per heavy atom. The summed E-state index contributed by atoms with van der Waals surface area (Å²) in [6, 6.07) is 6.17. The van der Waals surface area contributed by atoms with Crippen LogP contribution in [0.15, 0.2) is 22.7 Å². The summed E-state index contributed by atoms with van der Waals surface area (Å²) in [6.07, 6.45) is 0. The molecule has 0 fully saturated rings. The highest BCUT2D eigenvalue weighted by Gasteiger charge is 2.10. The summed E-state index contributed by atoms with van der Waals surface area (Å²) >= 11 is 3.47. The molecule has 0 aliphatic rings. The molecule has 0 aliphatic heterocycles. The van der Waals surface area contributed by atoms with Crippen molar-refractivity contribution in [1.29, 1.82) is 0 Å². The highest BCUT2D eigenvalue weighted by atomic mass is 79.9. The first kappa shape index (κ1) is 15.4. The fourth-order valence-corrected chi connectivity index (χ4v) is 2.19. The van der Waals surface area contributed by atoms with Gasteiger partial charge >= 0.3 is 0 Å². The van der Waals surface area contributed by atoms with Gasteiger partial charge in [0.1, 0.15) is 0 Å². The molecule has 102 valence electrons. The van der Waals surface area contributed by atoms with Crippen molar-refractivity contribution in [2.75, 3.05) is 45.4 Å². The molecule has 4 nitrogen and oxygen atoms in total. The van der Waals surface area contributed by atoms with E-state index in [2.05, 4.69) is 33.0 Å². The largest absolute Gasteiger partial charge is 0.383 e. The molecule has 0 saturated carbocycles. The van der Waals surface area contributed by atoms with Crippen molar-refractivity contribution in [3.05, 3.63) is 28.2 Å². The van der Waals surface area contributed by atoms with E-state index >= 15 is 0 Å². The molecule has 0 heterocycles. The molecule has 5 heteroatoms. The molecular formula is C13H21BrN2O2. The lowest BCUT2D eigenvalue weighted by Crippen LogP contribution is -2.31. The van der Waals surface area contributed by atoms with Gasteiger partial charge in [-0.15, -0.1) is 0 Å². The van der Waals surface area contributed by atoms with Crippen LogP contribution in [0.3, 0.4) is 0 Å². The van der Waals surface area contributed by atoms with Crippen molar-refractivity contribution in [2.45, 2.75) is 6.54 Å². The van der Waals surface area contributed by atoms with Crippen LogP contribution >= 0.6 is 15.9 Å². The zero-order valence-corrected chi connectivity index (χ0v) is 12.6. The number of benzene rings is 1. The number of nitrogens with two attached hydrogens (primary N) is 1. The van der Waals surface area contributed by atoms with E-state index < -0.39 is 0 Å². The quantitative estimate of drug-likeness (QED) is 0.797. The standard InChI is InChI=1S/C13H21BrN2O2/c1-17-7-5-16(6-8-18-2)13-4-3-12(14)9-11(13)10-15/h3-4,9H,5-8,10,15H2,1-2H3. The summed E-state index contributed by atoms with van der Waals surface area (Å²) in [4.78, 5) is 2.24. The average Bonchev–Trinajstić information content (AvgIpc) is 2.39. The molecule has 18 heavy (non-hydrogen) atoms. The van der Waals surface area contributed by atoms with Crippen LogP contribution in [0.5, 0.6) is 0 Å².